The molecule has 3 aromatic rings. The van der Waals surface area contributed by atoms with Crippen LogP contribution in [0.5, 0.6) is 0 Å². The van der Waals surface area contributed by atoms with Crippen molar-refractivity contribution in [2.75, 3.05) is 25.1 Å². The largest absolute Gasteiger partial charge is 0.390 e. The molecule has 1 amide bonds. The molecule has 0 fully saturated rings. The lowest BCUT2D eigenvalue weighted by Crippen LogP contribution is -2.52. The fourth-order valence-corrected chi connectivity index (χ4v) is 7.66. The normalized spacial score (nSPS) is 15.0. The first-order valence-corrected chi connectivity index (χ1v) is 16.7. The fourth-order valence-electron chi connectivity index (χ4n) is 4.16. The number of nitrogens with zero attached hydrogens (tertiary/aromatic N) is 2. The van der Waals surface area contributed by atoms with E-state index in [-0.39, 0.29) is 36.1 Å². The molecule has 1 aromatic heterocycles. The summed E-state index contributed by atoms with van der Waals surface area (Å²) in [6.45, 7) is 5.19. The van der Waals surface area contributed by atoms with E-state index in [4.69, 9.17) is 0 Å². The van der Waals surface area contributed by atoms with E-state index < -0.39 is 43.8 Å². The highest BCUT2D eigenvalue weighted by atomic mass is 32.2. The second kappa shape index (κ2) is 12.6. The van der Waals surface area contributed by atoms with Gasteiger partial charge < -0.3 is 10.4 Å². The predicted octanol–water partition coefficient (Wildman–Crippen LogP) is 2.71. The van der Waals surface area contributed by atoms with Gasteiger partial charge in [0.2, 0.25) is 15.9 Å². The van der Waals surface area contributed by atoms with Crippen molar-refractivity contribution in [3.63, 3.8) is 0 Å². The zero-order valence-electron chi connectivity index (χ0n) is 21.9. The number of aromatic nitrogens is 1. The van der Waals surface area contributed by atoms with Gasteiger partial charge in [0, 0.05) is 25.3 Å². The van der Waals surface area contributed by atoms with Crippen molar-refractivity contribution >= 4 is 47.3 Å². The van der Waals surface area contributed by atoms with Crippen LogP contribution in [0.25, 0.3) is 10.2 Å². The van der Waals surface area contributed by atoms with Crippen molar-refractivity contribution < 1.29 is 26.7 Å². The molecule has 38 heavy (non-hydrogen) atoms. The molecular weight excluding hydrogens is 547 g/mol. The minimum atomic E-state index is -3.98. The zero-order valence-corrected chi connectivity index (χ0v) is 24.4. The van der Waals surface area contributed by atoms with Crippen LogP contribution in [0.2, 0.25) is 0 Å². The van der Waals surface area contributed by atoms with E-state index in [1.807, 2.05) is 44.2 Å². The second-order valence-corrected chi connectivity index (χ2v) is 15.1. The van der Waals surface area contributed by atoms with Crippen LogP contribution < -0.4 is 5.32 Å². The Balaban J connectivity index is 1.88. The molecule has 3 rings (SSSR count). The number of rotatable bonds is 13. The molecule has 0 aliphatic carbocycles. The Labute approximate surface area is 228 Å². The van der Waals surface area contributed by atoms with Gasteiger partial charge in [-0.3, -0.25) is 4.79 Å². The van der Waals surface area contributed by atoms with Crippen molar-refractivity contribution in [2.24, 2.45) is 11.8 Å². The van der Waals surface area contributed by atoms with Gasteiger partial charge in [0.25, 0.3) is 0 Å². The highest BCUT2D eigenvalue weighted by Crippen LogP contribution is 2.25. The molecule has 0 bridgehead atoms. The zero-order chi connectivity index (χ0) is 28.1. The van der Waals surface area contributed by atoms with Crippen molar-refractivity contribution in [1.29, 1.82) is 0 Å². The van der Waals surface area contributed by atoms with Crippen LogP contribution in [0.4, 0.5) is 0 Å². The summed E-state index contributed by atoms with van der Waals surface area (Å²) in [5.41, 5.74) is 3.19. The van der Waals surface area contributed by atoms with E-state index in [0.717, 1.165) is 16.5 Å². The molecule has 9 nitrogen and oxygen atoms in total. The lowest BCUT2D eigenvalue weighted by Gasteiger charge is -2.31. The minimum absolute atomic E-state index is 0.0268. The standard InChI is InChI=1S/C26H35N3O6S3/c1-18(2)14-29(38(34,35)21-10-11-22-25(13-21)36-17-27-22)15-24(30)23(12-20-8-6-5-7-9-20)28-26(31)19(3)16-37(4,32)33/h5-11,13,17-19,23-24,30H,12,14-16H2,1-4H3,(H,28,31)/t19-,23-,24+/m0/s1. The number of hydrogen-bond donors (Lipinski definition) is 2. The number of carbonyl (C=O) groups is 1. The Morgan fingerprint density at radius 2 is 1.74 bits per heavy atom. The number of benzene rings is 2. The topological polar surface area (TPSA) is 134 Å². The SMILES string of the molecule is CC(C)CN(C[C@@H](O)[C@H](Cc1ccccc1)NC(=O)[C@@H](C)CS(C)(=O)=O)S(=O)(=O)c1ccc2ncsc2c1. The molecule has 0 spiro atoms. The van der Waals surface area contributed by atoms with E-state index >= 15 is 0 Å². The number of aliphatic hydroxyl groups excluding tert-OH is 1. The van der Waals surface area contributed by atoms with Gasteiger partial charge in [-0.2, -0.15) is 4.31 Å². The fraction of sp³-hybridized carbons (Fsp3) is 0.462. The number of fused-ring (bicyclic) bond motifs is 1. The number of sulfone groups is 1. The van der Waals surface area contributed by atoms with E-state index in [1.165, 1.54) is 28.6 Å². The van der Waals surface area contributed by atoms with Gasteiger partial charge in [-0.05, 0) is 36.1 Å². The van der Waals surface area contributed by atoms with Crippen molar-refractivity contribution in [3.8, 4) is 0 Å². The van der Waals surface area contributed by atoms with Gasteiger partial charge >= 0.3 is 0 Å². The van der Waals surface area contributed by atoms with Crippen molar-refractivity contribution in [3.05, 3.63) is 59.6 Å². The molecule has 1 heterocycles. The second-order valence-electron chi connectivity index (χ2n) is 10.1. The molecule has 3 atom stereocenters. The van der Waals surface area contributed by atoms with Crippen LogP contribution in [-0.4, -0.2) is 74.4 Å². The number of amides is 1. The number of sulfonamides is 1. The van der Waals surface area contributed by atoms with Crippen LogP contribution in [0, 0.1) is 11.8 Å². The number of nitrogens with one attached hydrogen (secondary N) is 1. The first-order valence-electron chi connectivity index (χ1n) is 12.3. The van der Waals surface area contributed by atoms with E-state index in [9.17, 15) is 26.7 Å². The van der Waals surface area contributed by atoms with Crippen molar-refractivity contribution in [2.45, 2.75) is 44.2 Å². The molecule has 0 aliphatic rings. The quantitative estimate of drug-likeness (QED) is 0.317. The average Bonchev–Trinajstić information content (AvgIpc) is 3.30. The third-order valence-corrected chi connectivity index (χ3v) is 9.72. The Bertz CT molecular complexity index is 1440. The van der Waals surface area contributed by atoms with Gasteiger partial charge in [0.1, 0.15) is 9.84 Å². The summed E-state index contributed by atoms with van der Waals surface area (Å²) in [7, 11) is -7.37. The summed E-state index contributed by atoms with van der Waals surface area (Å²) in [6, 6.07) is 13.1. The van der Waals surface area contributed by atoms with Crippen LogP contribution in [-0.2, 0) is 31.1 Å². The summed E-state index contributed by atoms with van der Waals surface area (Å²) < 4.78 is 52.8. The van der Waals surface area contributed by atoms with Crippen LogP contribution in [0.15, 0.2) is 58.9 Å². The third kappa shape index (κ3) is 8.31. The van der Waals surface area contributed by atoms with Gasteiger partial charge in [-0.1, -0.05) is 51.1 Å². The summed E-state index contributed by atoms with van der Waals surface area (Å²) in [5.74, 6) is -1.72. The Morgan fingerprint density at radius 1 is 1.05 bits per heavy atom. The first-order chi connectivity index (χ1) is 17.8. The smallest absolute Gasteiger partial charge is 0.243 e. The highest BCUT2D eigenvalue weighted by molar-refractivity contribution is 7.90. The van der Waals surface area contributed by atoms with Gasteiger partial charge in [0.05, 0.1) is 38.5 Å². The van der Waals surface area contributed by atoms with Crippen molar-refractivity contribution in [1.82, 2.24) is 14.6 Å². The monoisotopic (exact) mass is 581 g/mol. The Hall–Kier alpha value is -2.38. The first kappa shape index (κ1) is 30.2. The third-order valence-electron chi connectivity index (χ3n) is 5.99. The average molecular weight is 582 g/mol. The number of hydrogen-bond acceptors (Lipinski definition) is 8. The Kier molecular flexibility index (Phi) is 10.0. The molecule has 208 valence electrons. The molecule has 0 unspecified atom stereocenters. The molecule has 0 aliphatic heterocycles. The lowest BCUT2D eigenvalue weighted by atomic mass is 10.00. The maximum atomic E-state index is 13.7. The van der Waals surface area contributed by atoms with Crippen LogP contribution >= 0.6 is 11.3 Å². The van der Waals surface area contributed by atoms with Gasteiger partial charge in [0.15, 0.2) is 0 Å². The highest BCUT2D eigenvalue weighted by Gasteiger charge is 2.32. The lowest BCUT2D eigenvalue weighted by molar-refractivity contribution is -0.125. The van der Waals surface area contributed by atoms with Gasteiger partial charge in [-0.15, -0.1) is 11.3 Å². The number of carbonyl (C=O) groups excluding carboxylic acids is 1. The molecular formula is C26H35N3O6S3. The van der Waals surface area contributed by atoms with E-state index in [0.29, 0.717) is 5.52 Å². The van der Waals surface area contributed by atoms with Gasteiger partial charge in [-0.25, -0.2) is 21.8 Å². The minimum Gasteiger partial charge on any atom is -0.390 e. The molecule has 2 N–H and O–H groups in total. The molecule has 0 saturated carbocycles. The van der Waals surface area contributed by atoms with E-state index in [1.54, 1.807) is 17.6 Å². The van der Waals surface area contributed by atoms with E-state index in [2.05, 4.69) is 10.3 Å². The van der Waals surface area contributed by atoms with Crippen LogP contribution in [0.3, 0.4) is 0 Å². The Morgan fingerprint density at radius 3 is 2.37 bits per heavy atom. The number of thiazole rings is 1. The number of aliphatic hydroxyl groups is 1. The molecule has 12 heteroatoms. The summed E-state index contributed by atoms with van der Waals surface area (Å²) in [5, 5.41) is 14.1. The molecule has 0 radical (unpaired) electrons. The summed E-state index contributed by atoms with van der Waals surface area (Å²) in [4.78, 5) is 17.2. The van der Waals surface area contributed by atoms with Crippen LogP contribution in [0.1, 0.15) is 26.3 Å². The maximum Gasteiger partial charge on any atom is 0.243 e. The molecule has 2 aromatic carbocycles. The molecule has 0 saturated heterocycles. The summed E-state index contributed by atoms with van der Waals surface area (Å²) in [6.07, 6.45) is 0.0396. The predicted molar refractivity (Wildman–Crippen MR) is 150 cm³/mol. The summed E-state index contributed by atoms with van der Waals surface area (Å²) >= 11 is 1.34. The maximum absolute atomic E-state index is 13.7.